The van der Waals surface area contributed by atoms with Crippen molar-refractivity contribution in [2.45, 2.75) is 13.1 Å². The van der Waals surface area contributed by atoms with Gasteiger partial charge in [0.1, 0.15) is 0 Å². The van der Waals surface area contributed by atoms with Gasteiger partial charge in [-0.15, -0.1) is 0 Å². The number of alkyl halides is 3. The molecule has 1 heterocycles. The molecule has 1 aliphatic rings. The van der Waals surface area contributed by atoms with Crippen molar-refractivity contribution in [1.82, 2.24) is 0 Å². The Bertz CT molecular complexity index is 1840. The zero-order chi connectivity index (χ0) is 32.8. The summed E-state index contributed by atoms with van der Waals surface area (Å²) in [7, 11) is 1.41. The summed E-state index contributed by atoms with van der Waals surface area (Å²) < 4.78 is 49.8. The van der Waals surface area contributed by atoms with Crippen LogP contribution in [0.3, 0.4) is 0 Å². The van der Waals surface area contributed by atoms with Crippen LogP contribution in [0.5, 0.6) is 11.5 Å². The number of carbonyl (C=O) groups excluding carboxylic acids is 3. The minimum atomic E-state index is -4.54. The van der Waals surface area contributed by atoms with Crippen LogP contribution in [0.2, 0.25) is 0 Å². The first kappa shape index (κ1) is 31.5. The second kappa shape index (κ2) is 13.4. The molecule has 0 aliphatic carbocycles. The Morgan fingerprint density at radius 1 is 0.870 bits per heavy atom. The average molecular weight is 629 g/mol. The summed E-state index contributed by atoms with van der Waals surface area (Å²) in [6.07, 6.45) is -2.90. The van der Waals surface area contributed by atoms with Gasteiger partial charge in [0.15, 0.2) is 18.1 Å². The predicted octanol–water partition coefficient (Wildman–Crippen LogP) is 6.79. The van der Waals surface area contributed by atoms with Crippen molar-refractivity contribution in [2.75, 3.05) is 29.4 Å². The van der Waals surface area contributed by atoms with Crippen molar-refractivity contribution < 1.29 is 37.0 Å². The molecule has 4 aromatic rings. The smallest absolute Gasteiger partial charge is 0.416 e. The number of hydrazone groups is 1. The van der Waals surface area contributed by atoms with E-state index in [1.165, 1.54) is 24.3 Å². The van der Waals surface area contributed by atoms with E-state index in [1.54, 1.807) is 79.7 Å². The molecule has 5 rings (SSSR count). The standard InChI is InChI=1S/C34H27F3N4O5/c1-21-28(33(44)41(40-21)27-14-12-25(13-15-27)39-32(43)23-7-4-3-5-8-23)17-22-11-16-29(30(18-22)45-2)46-20-31(42)38-26-10-6-9-24(19-26)34(35,36)37/h3-19H,20H2,1-2H3,(H,38,42)(H,39,43). The van der Waals surface area contributed by atoms with E-state index in [-0.39, 0.29) is 29.0 Å². The summed E-state index contributed by atoms with van der Waals surface area (Å²) >= 11 is 0. The molecule has 0 atom stereocenters. The predicted molar refractivity (Wildman–Crippen MR) is 168 cm³/mol. The van der Waals surface area contributed by atoms with Gasteiger partial charge in [0.2, 0.25) is 0 Å². The maximum atomic E-state index is 13.3. The summed E-state index contributed by atoms with van der Waals surface area (Å²) in [6.45, 7) is 1.22. The lowest BCUT2D eigenvalue weighted by molar-refractivity contribution is -0.137. The highest BCUT2D eigenvalue weighted by Crippen LogP contribution is 2.32. The fourth-order valence-electron chi connectivity index (χ4n) is 4.51. The third kappa shape index (κ3) is 7.41. The molecular weight excluding hydrogens is 601 g/mol. The minimum Gasteiger partial charge on any atom is -0.493 e. The third-order valence-electron chi connectivity index (χ3n) is 6.80. The summed E-state index contributed by atoms with van der Waals surface area (Å²) in [5, 5.41) is 10.9. The summed E-state index contributed by atoms with van der Waals surface area (Å²) in [6, 6.07) is 24.6. The number of benzene rings is 4. The molecule has 0 spiro atoms. The average Bonchev–Trinajstić information content (AvgIpc) is 3.33. The van der Waals surface area contributed by atoms with Crippen LogP contribution < -0.4 is 25.1 Å². The van der Waals surface area contributed by atoms with Gasteiger partial charge in [-0.3, -0.25) is 14.4 Å². The SMILES string of the molecule is COc1cc(C=C2C(=O)N(c3ccc(NC(=O)c4ccccc4)cc3)N=C2C)ccc1OCC(=O)Nc1cccc(C(F)(F)F)c1. The van der Waals surface area contributed by atoms with Crippen molar-refractivity contribution in [3.05, 3.63) is 119 Å². The van der Waals surface area contributed by atoms with E-state index in [1.807, 2.05) is 6.07 Å². The maximum absolute atomic E-state index is 13.3. The van der Waals surface area contributed by atoms with E-state index < -0.39 is 24.3 Å². The van der Waals surface area contributed by atoms with Crippen LogP contribution in [-0.4, -0.2) is 37.1 Å². The van der Waals surface area contributed by atoms with Gasteiger partial charge in [-0.2, -0.15) is 23.3 Å². The number of anilines is 3. The molecule has 4 aromatic carbocycles. The van der Waals surface area contributed by atoms with Gasteiger partial charge in [0.25, 0.3) is 17.7 Å². The molecule has 12 heteroatoms. The minimum absolute atomic E-state index is 0.0181. The van der Waals surface area contributed by atoms with Crippen molar-refractivity contribution in [3.8, 4) is 11.5 Å². The van der Waals surface area contributed by atoms with Crippen LogP contribution in [-0.2, 0) is 15.8 Å². The number of hydrogen-bond donors (Lipinski definition) is 2. The van der Waals surface area contributed by atoms with E-state index in [4.69, 9.17) is 9.47 Å². The lowest BCUT2D eigenvalue weighted by Crippen LogP contribution is -2.21. The molecule has 9 nitrogen and oxygen atoms in total. The number of nitrogens with one attached hydrogen (secondary N) is 2. The molecule has 234 valence electrons. The fourth-order valence-corrected chi connectivity index (χ4v) is 4.51. The largest absolute Gasteiger partial charge is 0.493 e. The van der Waals surface area contributed by atoms with Crippen LogP contribution in [0, 0.1) is 0 Å². The Morgan fingerprint density at radius 3 is 2.30 bits per heavy atom. The Labute approximate surface area is 261 Å². The molecule has 0 fully saturated rings. The molecule has 0 radical (unpaired) electrons. The molecule has 0 bridgehead atoms. The summed E-state index contributed by atoms with van der Waals surface area (Å²) in [4.78, 5) is 38.1. The highest BCUT2D eigenvalue weighted by Gasteiger charge is 2.31. The second-order valence-electron chi connectivity index (χ2n) is 10.1. The number of ether oxygens (including phenoxy) is 2. The Morgan fingerprint density at radius 2 is 1.61 bits per heavy atom. The van der Waals surface area contributed by atoms with Crippen LogP contribution in [0.1, 0.15) is 28.4 Å². The first-order chi connectivity index (χ1) is 22.0. The van der Waals surface area contributed by atoms with Crippen molar-refractivity contribution in [2.24, 2.45) is 5.10 Å². The summed E-state index contributed by atoms with van der Waals surface area (Å²) in [5.74, 6) is -0.791. The van der Waals surface area contributed by atoms with Crippen molar-refractivity contribution >= 4 is 46.6 Å². The monoisotopic (exact) mass is 628 g/mol. The number of halogens is 3. The van der Waals surface area contributed by atoms with Gasteiger partial charge in [0, 0.05) is 16.9 Å². The molecular formula is C34H27F3N4O5. The normalized spacial score (nSPS) is 13.8. The maximum Gasteiger partial charge on any atom is 0.416 e. The molecule has 2 N–H and O–H groups in total. The van der Waals surface area contributed by atoms with E-state index >= 15 is 0 Å². The summed E-state index contributed by atoms with van der Waals surface area (Å²) in [5.41, 5.74) is 2.11. The van der Waals surface area contributed by atoms with Crippen LogP contribution in [0.4, 0.5) is 30.2 Å². The van der Waals surface area contributed by atoms with E-state index in [0.29, 0.717) is 33.8 Å². The van der Waals surface area contributed by atoms with Gasteiger partial charge in [-0.1, -0.05) is 30.3 Å². The topological polar surface area (TPSA) is 109 Å². The molecule has 1 aliphatic heterocycles. The van der Waals surface area contributed by atoms with Crippen molar-refractivity contribution in [1.29, 1.82) is 0 Å². The quantitative estimate of drug-likeness (QED) is 0.199. The number of hydrogen-bond acceptors (Lipinski definition) is 6. The molecule has 46 heavy (non-hydrogen) atoms. The van der Waals surface area contributed by atoms with Crippen LogP contribution >= 0.6 is 0 Å². The second-order valence-corrected chi connectivity index (χ2v) is 10.1. The fraction of sp³-hybridized carbons (Fsp3) is 0.118. The highest BCUT2D eigenvalue weighted by atomic mass is 19.4. The Kier molecular flexibility index (Phi) is 9.17. The Balaban J connectivity index is 1.22. The number of carbonyl (C=O) groups is 3. The van der Waals surface area contributed by atoms with E-state index in [0.717, 1.165) is 12.1 Å². The first-order valence-electron chi connectivity index (χ1n) is 13.9. The van der Waals surface area contributed by atoms with Crippen LogP contribution in [0.25, 0.3) is 6.08 Å². The lowest BCUT2D eigenvalue weighted by Gasteiger charge is -2.13. The molecule has 0 aromatic heterocycles. The number of rotatable bonds is 9. The molecule has 0 saturated heterocycles. The molecule has 3 amide bonds. The highest BCUT2D eigenvalue weighted by molar-refractivity contribution is 6.32. The Hall–Kier alpha value is -5.91. The number of amides is 3. The molecule has 0 unspecified atom stereocenters. The molecule has 0 saturated carbocycles. The van der Waals surface area contributed by atoms with Crippen LogP contribution in [0.15, 0.2) is 108 Å². The van der Waals surface area contributed by atoms with Gasteiger partial charge >= 0.3 is 6.18 Å². The lowest BCUT2D eigenvalue weighted by atomic mass is 10.1. The van der Waals surface area contributed by atoms with Gasteiger partial charge < -0.3 is 20.1 Å². The van der Waals surface area contributed by atoms with E-state index in [9.17, 15) is 27.6 Å². The van der Waals surface area contributed by atoms with Gasteiger partial charge in [-0.25, -0.2) is 0 Å². The van der Waals surface area contributed by atoms with Gasteiger partial charge in [0.05, 0.1) is 29.6 Å². The zero-order valence-electron chi connectivity index (χ0n) is 24.6. The number of methoxy groups -OCH3 is 1. The first-order valence-corrected chi connectivity index (χ1v) is 13.9. The zero-order valence-corrected chi connectivity index (χ0v) is 24.6. The number of nitrogens with zero attached hydrogens (tertiary/aromatic N) is 2. The van der Waals surface area contributed by atoms with Gasteiger partial charge in [-0.05, 0) is 85.3 Å². The van der Waals surface area contributed by atoms with E-state index in [2.05, 4.69) is 15.7 Å². The third-order valence-corrected chi connectivity index (χ3v) is 6.80. The van der Waals surface area contributed by atoms with Crippen molar-refractivity contribution in [3.63, 3.8) is 0 Å².